The van der Waals surface area contributed by atoms with E-state index in [4.69, 9.17) is 4.43 Å². The largest absolute Gasteiger partial charge is 0.432 e. The first-order valence-electron chi connectivity index (χ1n) is 8.40. The molecule has 0 radical (unpaired) electrons. The lowest BCUT2D eigenvalue weighted by molar-refractivity contribution is 0.183. The van der Waals surface area contributed by atoms with Crippen molar-refractivity contribution in [3.05, 3.63) is 0 Å². The van der Waals surface area contributed by atoms with E-state index in [9.17, 15) is 4.80 Å². The van der Waals surface area contributed by atoms with E-state index in [1.54, 1.807) is 0 Å². The summed E-state index contributed by atoms with van der Waals surface area (Å²) >= 11 is 0. The molecule has 0 aliphatic carbocycles. The molecule has 0 rings (SSSR count). The van der Waals surface area contributed by atoms with E-state index in [1.165, 1.54) is 37.8 Å². The minimum Gasteiger partial charge on any atom is -0.432 e. The summed E-state index contributed by atoms with van der Waals surface area (Å²) in [6, 6.07) is 3.68. The van der Waals surface area contributed by atoms with Crippen LogP contribution in [0.25, 0.3) is 0 Å². The molecule has 0 heterocycles. The third kappa shape index (κ3) is 12.3. The Morgan fingerprint density at radius 1 is 1.00 bits per heavy atom. The molecule has 0 aliphatic heterocycles. The highest BCUT2D eigenvalue weighted by molar-refractivity contribution is 6.71. The molecule has 0 saturated heterocycles. The summed E-state index contributed by atoms with van der Waals surface area (Å²) in [5, 5.41) is 0.186. The second-order valence-corrected chi connectivity index (χ2v) is 19.5. The van der Waals surface area contributed by atoms with E-state index in [2.05, 4.69) is 33.9 Å². The summed E-state index contributed by atoms with van der Waals surface area (Å²) < 4.78 is 6.42. The Hall–Kier alpha value is 0.571. The molecule has 1 N–H and O–H groups in total. The van der Waals surface area contributed by atoms with Crippen LogP contribution in [0.2, 0.25) is 44.3 Å². The third-order valence-electron chi connectivity index (χ3n) is 3.97. The fourth-order valence-corrected chi connectivity index (χ4v) is 8.30. The number of unbranched alkanes of at least 4 members (excludes halogenated alkanes) is 3. The van der Waals surface area contributed by atoms with Gasteiger partial charge in [-0.3, -0.25) is 0 Å². The first kappa shape index (κ1) is 20.6. The van der Waals surface area contributed by atoms with Gasteiger partial charge in [0, 0.05) is 5.22 Å². The zero-order valence-electron chi connectivity index (χ0n) is 15.0. The normalized spacial score (nSPS) is 14.4. The molecule has 2 nitrogen and oxygen atoms in total. The second-order valence-electron chi connectivity index (χ2n) is 8.06. The van der Waals surface area contributed by atoms with Gasteiger partial charge >= 0.3 is 0 Å². The zero-order chi connectivity index (χ0) is 15.9. The maximum absolute atomic E-state index is 9.79. The van der Waals surface area contributed by atoms with E-state index >= 15 is 0 Å². The van der Waals surface area contributed by atoms with Gasteiger partial charge in [-0.2, -0.15) is 0 Å². The molecular weight excluding hydrogens is 296 g/mol. The van der Waals surface area contributed by atoms with Crippen molar-refractivity contribution in [2.75, 3.05) is 0 Å². The molecule has 5 heteroatoms. The first-order chi connectivity index (χ1) is 8.97. The van der Waals surface area contributed by atoms with E-state index in [0.717, 1.165) is 6.04 Å². The quantitative estimate of drug-likeness (QED) is 0.451. The molecule has 0 fully saturated rings. The molecule has 0 aromatic heterocycles. The van der Waals surface area contributed by atoms with Gasteiger partial charge in [-0.15, -0.1) is 0 Å². The minimum absolute atomic E-state index is 0.140. The van der Waals surface area contributed by atoms with Gasteiger partial charge < -0.3 is 9.22 Å². The molecule has 0 bridgehead atoms. The average molecular weight is 335 g/mol. The lowest BCUT2D eigenvalue weighted by Crippen LogP contribution is -2.43. The van der Waals surface area contributed by atoms with Gasteiger partial charge in [0.15, 0.2) is 16.6 Å². The molecule has 0 aromatic carbocycles. The molecule has 0 aliphatic rings. The summed E-state index contributed by atoms with van der Waals surface area (Å²) in [5.41, 5.74) is 0. The highest BCUT2D eigenvalue weighted by atomic mass is 28.4. The van der Waals surface area contributed by atoms with Gasteiger partial charge in [0.05, 0.1) is 9.52 Å². The van der Waals surface area contributed by atoms with Gasteiger partial charge in [0.2, 0.25) is 0 Å². The highest BCUT2D eigenvalue weighted by Gasteiger charge is 2.29. The Labute approximate surface area is 131 Å². The fourth-order valence-electron chi connectivity index (χ4n) is 2.51. The standard InChI is InChI=1S/C15H38O2Si3/c1-8-20(6,7)17-15(2,3)18-13-11-9-10-12-14-19(4,5)16/h16H,8-14,18H2,1-7H3. The van der Waals surface area contributed by atoms with E-state index in [-0.39, 0.29) is 14.7 Å². The molecule has 0 atom stereocenters. The monoisotopic (exact) mass is 334 g/mol. The van der Waals surface area contributed by atoms with E-state index in [1.807, 2.05) is 13.1 Å². The van der Waals surface area contributed by atoms with Crippen LogP contribution < -0.4 is 0 Å². The van der Waals surface area contributed by atoms with Crippen molar-refractivity contribution >= 4 is 26.2 Å². The van der Waals surface area contributed by atoms with Crippen LogP contribution in [0.1, 0.15) is 46.5 Å². The summed E-state index contributed by atoms with van der Waals surface area (Å²) in [6.45, 7) is 15.6. The summed E-state index contributed by atoms with van der Waals surface area (Å²) in [6.07, 6.45) is 5.21. The first-order valence-corrected chi connectivity index (χ1v) is 16.4. The molecule has 0 spiro atoms. The van der Waals surface area contributed by atoms with Crippen LogP contribution in [0.15, 0.2) is 0 Å². The molecule has 122 valence electrons. The van der Waals surface area contributed by atoms with Crippen molar-refractivity contribution in [2.24, 2.45) is 0 Å². The lowest BCUT2D eigenvalue weighted by Gasteiger charge is -2.34. The maximum Gasteiger partial charge on any atom is 0.186 e. The van der Waals surface area contributed by atoms with Crippen molar-refractivity contribution in [3.8, 4) is 0 Å². The summed E-state index contributed by atoms with van der Waals surface area (Å²) in [4.78, 5) is 9.79. The van der Waals surface area contributed by atoms with Crippen LogP contribution in [0.5, 0.6) is 0 Å². The van der Waals surface area contributed by atoms with Crippen LogP contribution in [-0.2, 0) is 4.43 Å². The van der Waals surface area contributed by atoms with Gasteiger partial charge in [-0.1, -0.05) is 38.7 Å². The second kappa shape index (κ2) is 8.88. The molecular formula is C15H38O2Si3. The van der Waals surface area contributed by atoms with Crippen LogP contribution in [0, 0.1) is 0 Å². The molecule has 0 unspecified atom stereocenters. The molecule has 0 amide bonds. The van der Waals surface area contributed by atoms with E-state index in [0.29, 0.717) is 0 Å². The van der Waals surface area contributed by atoms with Crippen molar-refractivity contribution in [3.63, 3.8) is 0 Å². The SMILES string of the molecule is CC[Si](C)(C)OC(C)(C)[SiH2]CCCCCC[Si](C)(C)O. The Kier molecular flexibility index (Phi) is 9.13. The maximum atomic E-state index is 9.79. The predicted octanol–water partition coefficient (Wildman–Crippen LogP) is 4.31. The van der Waals surface area contributed by atoms with Gasteiger partial charge in [-0.25, -0.2) is 0 Å². The van der Waals surface area contributed by atoms with Crippen LogP contribution in [-0.4, -0.2) is 36.2 Å². The Morgan fingerprint density at radius 3 is 2.05 bits per heavy atom. The average Bonchev–Trinajstić information content (AvgIpc) is 2.24. The number of hydrogen-bond acceptors (Lipinski definition) is 2. The van der Waals surface area contributed by atoms with Crippen molar-refractivity contribution < 1.29 is 9.22 Å². The van der Waals surface area contributed by atoms with Crippen LogP contribution in [0.4, 0.5) is 0 Å². The fraction of sp³-hybridized carbons (Fsp3) is 1.00. The summed E-state index contributed by atoms with van der Waals surface area (Å²) in [7, 11) is -3.34. The van der Waals surface area contributed by atoms with Gasteiger partial charge in [0.25, 0.3) is 0 Å². The molecule has 0 saturated carbocycles. The van der Waals surface area contributed by atoms with Crippen molar-refractivity contribution in [1.82, 2.24) is 0 Å². The topological polar surface area (TPSA) is 29.5 Å². The smallest absolute Gasteiger partial charge is 0.186 e. The Balaban J connectivity index is 3.68. The van der Waals surface area contributed by atoms with Crippen LogP contribution in [0.3, 0.4) is 0 Å². The molecule has 20 heavy (non-hydrogen) atoms. The van der Waals surface area contributed by atoms with Crippen molar-refractivity contribution in [2.45, 2.75) is 96.0 Å². The van der Waals surface area contributed by atoms with E-state index < -0.39 is 16.6 Å². The Morgan fingerprint density at radius 2 is 1.55 bits per heavy atom. The van der Waals surface area contributed by atoms with Gasteiger partial charge in [-0.05, 0) is 52.1 Å². The van der Waals surface area contributed by atoms with Crippen molar-refractivity contribution in [1.29, 1.82) is 0 Å². The number of rotatable bonds is 11. The zero-order valence-corrected chi connectivity index (χ0v) is 18.4. The highest BCUT2D eigenvalue weighted by Crippen LogP contribution is 2.21. The predicted molar refractivity (Wildman–Crippen MR) is 99.5 cm³/mol. The lowest BCUT2D eigenvalue weighted by atomic mass is 10.2. The number of hydrogen-bond donors (Lipinski definition) is 1. The van der Waals surface area contributed by atoms with Gasteiger partial charge in [0.1, 0.15) is 0 Å². The summed E-state index contributed by atoms with van der Waals surface area (Å²) in [5.74, 6) is 0. The third-order valence-corrected chi connectivity index (χ3v) is 10.8. The molecule has 0 aromatic rings. The van der Waals surface area contributed by atoms with Crippen LogP contribution >= 0.6 is 0 Å². The minimum atomic E-state index is -1.79. The Bertz CT molecular complexity index is 260.